The van der Waals surface area contributed by atoms with Crippen molar-refractivity contribution in [3.63, 3.8) is 0 Å². The Balaban J connectivity index is 1.65. The zero-order chi connectivity index (χ0) is 16.2. The number of halogens is 1. The molecule has 0 unspecified atom stereocenters. The predicted octanol–water partition coefficient (Wildman–Crippen LogP) is 2.01. The Kier molecular flexibility index (Phi) is 5.33. The highest BCUT2D eigenvalue weighted by Gasteiger charge is 2.25. The van der Waals surface area contributed by atoms with Gasteiger partial charge in [0.2, 0.25) is 5.95 Å². The fourth-order valence-corrected chi connectivity index (χ4v) is 3.51. The lowest BCUT2D eigenvalue weighted by Crippen LogP contribution is -2.38. The molecule has 0 aromatic carbocycles. The molecule has 0 radical (unpaired) electrons. The molecule has 0 atom stereocenters. The SMILES string of the molecule is O=C(NC1CCC(CO)CC1)c1nc(N2CCCC2)ncc1Cl. The minimum Gasteiger partial charge on any atom is -0.396 e. The van der Waals surface area contributed by atoms with E-state index in [2.05, 4.69) is 20.2 Å². The van der Waals surface area contributed by atoms with Crippen LogP contribution in [-0.2, 0) is 0 Å². The lowest BCUT2D eigenvalue weighted by atomic mass is 9.86. The Bertz CT molecular complexity index is 555. The summed E-state index contributed by atoms with van der Waals surface area (Å²) in [6.07, 6.45) is 7.43. The Morgan fingerprint density at radius 2 is 2.00 bits per heavy atom. The summed E-state index contributed by atoms with van der Waals surface area (Å²) in [5.41, 5.74) is 0.257. The van der Waals surface area contributed by atoms with E-state index in [4.69, 9.17) is 11.6 Å². The normalized spacial score (nSPS) is 24.7. The Morgan fingerprint density at radius 3 is 2.65 bits per heavy atom. The number of aromatic nitrogens is 2. The number of nitrogens with one attached hydrogen (secondary N) is 1. The molecule has 1 amide bonds. The highest BCUT2D eigenvalue weighted by molar-refractivity contribution is 6.33. The third-order valence-electron chi connectivity index (χ3n) is 4.78. The van der Waals surface area contributed by atoms with Crippen LogP contribution in [-0.4, -0.2) is 46.7 Å². The van der Waals surface area contributed by atoms with Crippen molar-refractivity contribution in [3.05, 3.63) is 16.9 Å². The number of nitrogens with zero attached hydrogens (tertiary/aromatic N) is 3. The molecule has 1 saturated carbocycles. The quantitative estimate of drug-likeness (QED) is 0.878. The molecule has 2 heterocycles. The summed E-state index contributed by atoms with van der Waals surface area (Å²) in [5.74, 6) is 0.721. The van der Waals surface area contributed by atoms with E-state index in [-0.39, 0.29) is 29.3 Å². The number of aliphatic hydroxyl groups excluding tert-OH is 1. The van der Waals surface area contributed by atoms with Gasteiger partial charge in [0, 0.05) is 25.7 Å². The molecule has 2 fully saturated rings. The van der Waals surface area contributed by atoms with Crippen LogP contribution in [0.2, 0.25) is 5.02 Å². The maximum Gasteiger partial charge on any atom is 0.271 e. The van der Waals surface area contributed by atoms with Gasteiger partial charge < -0.3 is 15.3 Å². The summed E-state index contributed by atoms with van der Waals surface area (Å²) in [5, 5.41) is 12.5. The summed E-state index contributed by atoms with van der Waals surface area (Å²) in [6, 6.07) is 0.131. The van der Waals surface area contributed by atoms with Gasteiger partial charge in [-0.3, -0.25) is 4.79 Å². The summed E-state index contributed by atoms with van der Waals surface area (Å²) < 4.78 is 0. The molecule has 1 aliphatic carbocycles. The molecule has 1 aromatic heterocycles. The van der Waals surface area contributed by atoms with Gasteiger partial charge in [-0.05, 0) is 44.4 Å². The smallest absolute Gasteiger partial charge is 0.271 e. The van der Waals surface area contributed by atoms with Crippen molar-refractivity contribution in [2.75, 3.05) is 24.6 Å². The van der Waals surface area contributed by atoms with Crippen molar-refractivity contribution in [2.45, 2.75) is 44.6 Å². The van der Waals surface area contributed by atoms with Gasteiger partial charge in [-0.25, -0.2) is 9.97 Å². The maximum absolute atomic E-state index is 12.5. The van der Waals surface area contributed by atoms with Gasteiger partial charge in [-0.2, -0.15) is 0 Å². The topological polar surface area (TPSA) is 78.3 Å². The third-order valence-corrected chi connectivity index (χ3v) is 5.05. The van der Waals surface area contributed by atoms with Crippen molar-refractivity contribution in [2.24, 2.45) is 5.92 Å². The van der Waals surface area contributed by atoms with Gasteiger partial charge in [0.15, 0.2) is 5.69 Å². The average Bonchev–Trinajstić information content (AvgIpc) is 3.10. The molecule has 0 bridgehead atoms. The second-order valence-electron chi connectivity index (χ2n) is 6.43. The van der Waals surface area contributed by atoms with E-state index in [0.717, 1.165) is 51.6 Å². The first-order chi connectivity index (χ1) is 11.2. The number of hydrogen-bond donors (Lipinski definition) is 2. The summed E-state index contributed by atoms with van der Waals surface area (Å²) in [4.78, 5) is 23.2. The van der Waals surface area contributed by atoms with Crippen LogP contribution in [0.5, 0.6) is 0 Å². The largest absolute Gasteiger partial charge is 0.396 e. The molecule has 6 nitrogen and oxygen atoms in total. The molecule has 1 aromatic rings. The number of rotatable bonds is 4. The average molecular weight is 339 g/mol. The number of carbonyl (C=O) groups excluding carboxylic acids is 1. The van der Waals surface area contributed by atoms with E-state index in [1.54, 1.807) is 0 Å². The van der Waals surface area contributed by atoms with Crippen LogP contribution in [0.15, 0.2) is 6.20 Å². The first-order valence-corrected chi connectivity index (χ1v) is 8.74. The van der Waals surface area contributed by atoms with Gasteiger partial charge in [0.1, 0.15) is 0 Å². The fraction of sp³-hybridized carbons (Fsp3) is 0.688. The summed E-state index contributed by atoms with van der Waals surface area (Å²) in [6.45, 7) is 2.08. The molecular formula is C16H23ClN4O2. The molecule has 0 spiro atoms. The van der Waals surface area contributed by atoms with E-state index < -0.39 is 0 Å². The molecule has 7 heteroatoms. The number of aliphatic hydroxyl groups is 1. The minimum absolute atomic E-state index is 0.131. The molecule has 126 valence electrons. The van der Waals surface area contributed by atoms with Crippen LogP contribution in [0.25, 0.3) is 0 Å². The minimum atomic E-state index is -0.231. The fourth-order valence-electron chi connectivity index (χ4n) is 3.33. The zero-order valence-electron chi connectivity index (χ0n) is 13.2. The van der Waals surface area contributed by atoms with Gasteiger partial charge >= 0.3 is 0 Å². The predicted molar refractivity (Wildman–Crippen MR) is 88.8 cm³/mol. The molecular weight excluding hydrogens is 316 g/mol. The Hall–Kier alpha value is -1.40. The van der Waals surface area contributed by atoms with E-state index in [1.165, 1.54) is 6.20 Å². The lowest BCUT2D eigenvalue weighted by molar-refractivity contribution is 0.0909. The van der Waals surface area contributed by atoms with Crippen LogP contribution in [0.1, 0.15) is 49.0 Å². The van der Waals surface area contributed by atoms with E-state index >= 15 is 0 Å². The number of carbonyl (C=O) groups is 1. The van der Waals surface area contributed by atoms with Gasteiger partial charge in [0.25, 0.3) is 5.91 Å². The van der Waals surface area contributed by atoms with E-state index in [1.807, 2.05) is 0 Å². The van der Waals surface area contributed by atoms with Crippen LogP contribution < -0.4 is 10.2 Å². The van der Waals surface area contributed by atoms with Crippen LogP contribution in [0, 0.1) is 5.92 Å². The highest BCUT2D eigenvalue weighted by Crippen LogP contribution is 2.25. The van der Waals surface area contributed by atoms with E-state index in [0.29, 0.717) is 11.9 Å². The second-order valence-corrected chi connectivity index (χ2v) is 6.84. The highest BCUT2D eigenvalue weighted by atomic mass is 35.5. The van der Waals surface area contributed by atoms with Crippen molar-refractivity contribution in [1.29, 1.82) is 0 Å². The number of amides is 1. The monoisotopic (exact) mass is 338 g/mol. The van der Waals surface area contributed by atoms with Crippen LogP contribution in [0.3, 0.4) is 0 Å². The van der Waals surface area contributed by atoms with Crippen molar-refractivity contribution in [1.82, 2.24) is 15.3 Å². The van der Waals surface area contributed by atoms with Crippen molar-refractivity contribution in [3.8, 4) is 0 Å². The molecule has 2 N–H and O–H groups in total. The maximum atomic E-state index is 12.5. The molecule has 2 aliphatic rings. The van der Waals surface area contributed by atoms with Gasteiger partial charge in [-0.15, -0.1) is 0 Å². The van der Waals surface area contributed by atoms with Crippen molar-refractivity contribution < 1.29 is 9.90 Å². The summed E-state index contributed by atoms with van der Waals surface area (Å²) >= 11 is 6.12. The zero-order valence-corrected chi connectivity index (χ0v) is 13.9. The Morgan fingerprint density at radius 1 is 1.30 bits per heavy atom. The first kappa shape index (κ1) is 16.5. The second kappa shape index (κ2) is 7.45. The standard InChI is InChI=1S/C16H23ClN4O2/c17-13-9-18-16(21-7-1-2-8-21)20-14(13)15(23)19-12-5-3-11(10-22)4-6-12/h9,11-12,22H,1-8,10H2,(H,19,23). The van der Waals surface area contributed by atoms with Crippen LogP contribution >= 0.6 is 11.6 Å². The summed E-state index contributed by atoms with van der Waals surface area (Å²) in [7, 11) is 0. The molecule has 3 rings (SSSR count). The number of anilines is 1. The van der Waals surface area contributed by atoms with Crippen LogP contribution in [0.4, 0.5) is 5.95 Å². The third kappa shape index (κ3) is 3.93. The lowest BCUT2D eigenvalue weighted by Gasteiger charge is -2.28. The van der Waals surface area contributed by atoms with Gasteiger partial charge in [0.05, 0.1) is 11.2 Å². The van der Waals surface area contributed by atoms with E-state index in [9.17, 15) is 9.90 Å². The number of hydrogen-bond acceptors (Lipinski definition) is 5. The Labute approximate surface area is 141 Å². The first-order valence-electron chi connectivity index (χ1n) is 8.36. The van der Waals surface area contributed by atoms with Crippen molar-refractivity contribution >= 4 is 23.5 Å². The molecule has 1 saturated heterocycles. The molecule has 23 heavy (non-hydrogen) atoms. The van der Waals surface area contributed by atoms with Gasteiger partial charge in [-0.1, -0.05) is 11.6 Å². The molecule has 1 aliphatic heterocycles.